The topological polar surface area (TPSA) is 12.0 Å². The number of anilines is 1. The normalized spacial score (nSPS) is 17.1. The smallest absolute Gasteiger partial charge is 0.0594 e. The zero-order valence-corrected chi connectivity index (χ0v) is 24.9. The highest BCUT2D eigenvalue weighted by molar-refractivity contribution is 6.03. The molecule has 200 valence electrons. The third-order valence-corrected chi connectivity index (χ3v) is 10.2. The van der Waals surface area contributed by atoms with Crippen molar-refractivity contribution in [3.63, 3.8) is 0 Å². The van der Waals surface area contributed by atoms with Crippen molar-refractivity contribution in [2.45, 2.75) is 71.3 Å². The van der Waals surface area contributed by atoms with E-state index >= 15 is 0 Å². The number of benzene rings is 5. The van der Waals surface area contributed by atoms with Crippen LogP contribution in [0.4, 0.5) is 5.69 Å². The van der Waals surface area contributed by atoms with Gasteiger partial charge in [0.2, 0.25) is 0 Å². The third kappa shape index (κ3) is 3.40. The number of fused-ring (bicyclic) bond motifs is 8. The number of hydrogen-bond acceptors (Lipinski definition) is 1. The molecular weight excluding hydrogens is 482 g/mol. The highest BCUT2D eigenvalue weighted by atomic mass is 15.0. The molecule has 1 heteroatoms. The van der Waals surface area contributed by atoms with E-state index in [2.05, 4.69) is 145 Å². The van der Waals surface area contributed by atoms with Crippen LogP contribution in [0, 0.1) is 6.92 Å². The second-order valence-corrected chi connectivity index (χ2v) is 13.3. The van der Waals surface area contributed by atoms with Gasteiger partial charge in [0.25, 0.3) is 0 Å². The number of aryl methyl sites for hydroxylation is 1. The van der Waals surface area contributed by atoms with E-state index in [0.29, 0.717) is 0 Å². The van der Waals surface area contributed by atoms with E-state index in [-0.39, 0.29) is 16.4 Å². The summed E-state index contributed by atoms with van der Waals surface area (Å²) in [6, 6.07) is 34.6. The van der Waals surface area contributed by atoms with Gasteiger partial charge in [-0.25, -0.2) is 0 Å². The Labute approximate surface area is 239 Å². The second-order valence-electron chi connectivity index (χ2n) is 13.3. The van der Waals surface area contributed by atoms with Crippen molar-refractivity contribution in [3.8, 4) is 22.3 Å². The Morgan fingerprint density at radius 3 is 2.05 bits per heavy atom. The van der Waals surface area contributed by atoms with Crippen LogP contribution in [0.2, 0.25) is 0 Å². The van der Waals surface area contributed by atoms with Gasteiger partial charge in [0.05, 0.1) is 5.54 Å². The second kappa shape index (κ2) is 8.33. The van der Waals surface area contributed by atoms with E-state index in [1.54, 1.807) is 0 Å². The Hall–Kier alpha value is -3.84. The van der Waals surface area contributed by atoms with Gasteiger partial charge in [0.1, 0.15) is 0 Å². The zero-order valence-electron chi connectivity index (χ0n) is 24.9. The summed E-state index contributed by atoms with van der Waals surface area (Å²) < 4.78 is 0. The van der Waals surface area contributed by atoms with Crippen LogP contribution in [-0.2, 0) is 16.4 Å². The molecule has 0 saturated carbocycles. The molecule has 5 aromatic carbocycles. The molecule has 0 amide bonds. The largest absolute Gasteiger partial charge is 0.376 e. The lowest BCUT2D eigenvalue weighted by Gasteiger charge is -2.33. The summed E-state index contributed by atoms with van der Waals surface area (Å²) in [7, 11) is 0. The summed E-state index contributed by atoms with van der Waals surface area (Å²) >= 11 is 0. The fourth-order valence-corrected chi connectivity index (χ4v) is 7.40. The number of nitrogens with one attached hydrogen (secondary N) is 1. The van der Waals surface area contributed by atoms with Gasteiger partial charge in [-0.05, 0) is 105 Å². The van der Waals surface area contributed by atoms with Crippen LogP contribution in [0.1, 0.15) is 81.3 Å². The molecule has 1 unspecified atom stereocenters. The minimum Gasteiger partial charge on any atom is -0.376 e. The minimum atomic E-state index is -0.156. The van der Waals surface area contributed by atoms with Crippen molar-refractivity contribution in [1.82, 2.24) is 0 Å². The standard InChI is InChI=1S/C39H39N/c1-8-39(7,40-27-17-13-24(2)14-18-27)26-16-19-29-30-22-35-31(23-34(30)38(5,6)33(29)21-26)36-28-12-10-9-11-25(28)15-20-32(36)37(35,3)4/h9-23,40H,8H2,1-7H3. The van der Waals surface area contributed by atoms with E-state index in [9.17, 15) is 0 Å². The molecule has 1 atom stereocenters. The molecule has 0 saturated heterocycles. The highest BCUT2D eigenvalue weighted by Gasteiger charge is 2.42. The molecule has 0 fully saturated rings. The lowest BCUT2D eigenvalue weighted by Crippen LogP contribution is -2.31. The van der Waals surface area contributed by atoms with Crippen LogP contribution in [0.15, 0.2) is 91.0 Å². The Balaban J connectivity index is 1.37. The molecule has 1 N–H and O–H groups in total. The fourth-order valence-electron chi connectivity index (χ4n) is 7.40. The first kappa shape index (κ1) is 25.1. The Bertz CT molecular complexity index is 1820. The average Bonchev–Trinajstić information content (AvgIpc) is 3.32. The van der Waals surface area contributed by atoms with Crippen molar-refractivity contribution in [2.24, 2.45) is 0 Å². The SMILES string of the molecule is CCC(C)(Nc1ccc(C)cc1)c1ccc2c(c1)C(C)(C)c1cc3c(cc1-2)C(C)(C)c1ccc2ccccc2c1-3. The van der Waals surface area contributed by atoms with Gasteiger partial charge < -0.3 is 5.32 Å². The van der Waals surface area contributed by atoms with Gasteiger partial charge in [-0.15, -0.1) is 0 Å². The molecular formula is C39H39N. The summed E-state index contributed by atoms with van der Waals surface area (Å²) in [6.07, 6.45) is 0.999. The van der Waals surface area contributed by atoms with Crippen molar-refractivity contribution in [1.29, 1.82) is 0 Å². The van der Waals surface area contributed by atoms with Crippen LogP contribution < -0.4 is 5.32 Å². The van der Waals surface area contributed by atoms with Crippen LogP contribution in [0.3, 0.4) is 0 Å². The van der Waals surface area contributed by atoms with E-state index in [1.165, 1.54) is 72.1 Å². The van der Waals surface area contributed by atoms with Crippen LogP contribution >= 0.6 is 0 Å². The monoisotopic (exact) mass is 521 g/mol. The first-order valence-electron chi connectivity index (χ1n) is 14.8. The summed E-state index contributed by atoms with van der Waals surface area (Å²) in [5, 5.41) is 6.54. The highest BCUT2D eigenvalue weighted by Crippen LogP contribution is 2.57. The van der Waals surface area contributed by atoms with E-state index in [0.717, 1.165) is 6.42 Å². The molecule has 0 spiro atoms. The maximum absolute atomic E-state index is 3.86. The van der Waals surface area contributed by atoms with Crippen LogP contribution in [0.5, 0.6) is 0 Å². The van der Waals surface area contributed by atoms with Crippen molar-refractivity contribution < 1.29 is 0 Å². The summed E-state index contributed by atoms with van der Waals surface area (Å²) in [5.41, 5.74) is 14.9. The molecule has 40 heavy (non-hydrogen) atoms. The maximum Gasteiger partial charge on any atom is 0.0594 e. The third-order valence-electron chi connectivity index (χ3n) is 10.2. The van der Waals surface area contributed by atoms with Crippen molar-refractivity contribution >= 4 is 16.5 Å². The molecule has 0 aromatic heterocycles. The van der Waals surface area contributed by atoms with Crippen LogP contribution in [-0.4, -0.2) is 0 Å². The zero-order chi connectivity index (χ0) is 28.0. The number of rotatable bonds is 4. The van der Waals surface area contributed by atoms with Gasteiger partial charge in [-0.2, -0.15) is 0 Å². The summed E-state index contributed by atoms with van der Waals surface area (Å²) in [5.74, 6) is 0. The van der Waals surface area contributed by atoms with Gasteiger partial charge >= 0.3 is 0 Å². The molecule has 0 heterocycles. The van der Waals surface area contributed by atoms with E-state index < -0.39 is 0 Å². The molecule has 0 aliphatic heterocycles. The lowest BCUT2D eigenvalue weighted by molar-refractivity contribution is 0.521. The Morgan fingerprint density at radius 2 is 1.30 bits per heavy atom. The predicted molar refractivity (Wildman–Crippen MR) is 172 cm³/mol. The van der Waals surface area contributed by atoms with Gasteiger partial charge in [0.15, 0.2) is 0 Å². The Morgan fingerprint density at radius 1 is 0.650 bits per heavy atom. The first-order valence-corrected chi connectivity index (χ1v) is 14.8. The minimum absolute atomic E-state index is 0.0324. The first-order chi connectivity index (χ1) is 19.0. The van der Waals surface area contributed by atoms with Crippen molar-refractivity contribution in [3.05, 3.63) is 124 Å². The molecule has 0 bridgehead atoms. The summed E-state index contributed by atoms with van der Waals surface area (Å²) in [6.45, 7) is 16.4. The van der Waals surface area contributed by atoms with Crippen LogP contribution in [0.25, 0.3) is 33.0 Å². The van der Waals surface area contributed by atoms with Gasteiger partial charge in [-0.1, -0.05) is 107 Å². The summed E-state index contributed by atoms with van der Waals surface area (Å²) in [4.78, 5) is 0. The average molecular weight is 522 g/mol. The van der Waals surface area contributed by atoms with E-state index in [1.807, 2.05) is 0 Å². The number of hydrogen-bond donors (Lipinski definition) is 1. The van der Waals surface area contributed by atoms with E-state index in [4.69, 9.17) is 0 Å². The molecule has 7 rings (SSSR count). The molecule has 0 radical (unpaired) electrons. The molecule has 1 nitrogen and oxygen atoms in total. The Kier molecular flexibility index (Phi) is 5.24. The van der Waals surface area contributed by atoms with Gasteiger partial charge in [0, 0.05) is 16.5 Å². The predicted octanol–water partition coefficient (Wildman–Crippen LogP) is 10.5. The fraction of sp³-hybridized carbons (Fsp3) is 0.282. The molecule has 5 aromatic rings. The quantitative estimate of drug-likeness (QED) is 0.248. The maximum atomic E-state index is 3.86. The van der Waals surface area contributed by atoms with Gasteiger partial charge in [-0.3, -0.25) is 0 Å². The molecule has 2 aliphatic rings. The lowest BCUT2D eigenvalue weighted by atomic mass is 9.78. The molecule has 2 aliphatic carbocycles. The van der Waals surface area contributed by atoms with Crippen molar-refractivity contribution in [2.75, 3.05) is 5.32 Å².